The van der Waals surface area contributed by atoms with Gasteiger partial charge in [-0.05, 0) is 43.3 Å². The minimum absolute atomic E-state index is 0.0863. The smallest absolute Gasteiger partial charge is 0.255 e. The zero-order valence-corrected chi connectivity index (χ0v) is 14.3. The lowest BCUT2D eigenvalue weighted by Gasteiger charge is -2.10. The van der Waals surface area contributed by atoms with Crippen molar-refractivity contribution in [1.82, 2.24) is 0 Å². The van der Waals surface area contributed by atoms with Gasteiger partial charge in [-0.25, -0.2) is 0 Å². The van der Waals surface area contributed by atoms with E-state index < -0.39 is 0 Å². The predicted molar refractivity (Wildman–Crippen MR) is 95.9 cm³/mol. The van der Waals surface area contributed by atoms with Crippen LogP contribution in [0.25, 0.3) is 0 Å². The van der Waals surface area contributed by atoms with Crippen LogP contribution in [0.5, 0.6) is 5.75 Å². The van der Waals surface area contributed by atoms with Crippen LogP contribution in [0, 0.1) is 0 Å². The van der Waals surface area contributed by atoms with Crippen molar-refractivity contribution in [3.8, 4) is 5.75 Å². The summed E-state index contributed by atoms with van der Waals surface area (Å²) >= 11 is 6.10. The van der Waals surface area contributed by atoms with Crippen LogP contribution < -0.4 is 15.4 Å². The molecule has 5 nitrogen and oxygen atoms in total. The Morgan fingerprint density at radius 3 is 2.38 bits per heavy atom. The van der Waals surface area contributed by atoms with E-state index in [1.807, 2.05) is 6.92 Å². The van der Waals surface area contributed by atoms with Gasteiger partial charge in [-0.15, -0.1) is 0 Å². The van der Waals surface area contributed by atoms with Gasteiger partial charge in [-0.3, -0.25) is 9.59 Å². The Bertz CT molecular complexity index is 747. The van der Waals surface area contributed by atoms with Gasteiger partial charge in [0.25, 0.3) is 5.91 Å². The van der Waals surface area contributed by atoms with Crippen molar-refractivity contribution in [3.63, 3.8) is 0 Å². The maximum atomic E-state index is 12.3. The first kappa shape index (κ1) is 17.8. The topological polar surface area (TPSA) is 67.4 Å². The van der Waals surface area contributed by atoms with Crippen LogP contribution in [0.4, 0.5) is 11.4 Å². The molecule has 0 unspecified atom stereocenters. The molecule has 0 radical (unpaired) electrons. The lowest BCUT2D eigenvalue weighted by atomic mass is 10.2. The molecule has 0 aliphatic carbocycles. The lowest BCUT2D eigenvalue weighted by molar-refractivity contribution is -0.115. The molecule has 0 atom stereocenters. The Labute approximate surface area is 146 Å². The van der Waals surface area contributed by atoms with Crippen LogP contribution >= 0.6 is 11.6 Å². The van der Waals surface area contributed by atoms with Gasteiger partial charge < -0.3 is 15.4 Å². The fraction of sp³-hybridized carbons (Fsp3) is 0.222. The molecule has 6 heteroatoms. The molecular weight excluding hydrogens is 328 g/mol. The third-order valence-electron chi connectivity index (χ3n) is 3.22. The monoisotopic (exact) mass is 346 g/mol. The molecule has 2 amide bonds. The standard InChI is InChI=1S/C18H19ClN2O3/c1-3-17(22)20-13-6-5-7-14(11-13)21-18(23)12-8-9-16(24-4-2)15(19)10-12/h5-11H,3-4H2,1-2H3,(H,20,22)(H,21,23). The molecule has 0 heterocycles. The summed E-state index contributed by atoms with van der Waals surface area (Å²) in [5, 5.41) is 5.91. The third-order valence-corrected chi connectivity index (χ3v) is 3.51. The van der Waals surface area contributed by atoms with E-state index in [0.717, 1.165) is 0 Å². The molecule has 126 valence electrons. The van der Waals surface area contributed by atoms with Crippen LogP contribution in [0.15, 0.2) is 42.5 Å². The highest BCUT2D eigenvalue weighted by Gasteiger charge is 2.10. The number of halogens is 1. The molecule has 0 saturated carbocycles. The molecule has 24 heavy (non-hydrogen) atoms. The van der Waals surface area contributed by atoms with E-state index >= 15 is 0 Å². The highest BCUT2D eigenvalue weighted by Crippen LogP contribution is 2.26. The molecule has 0 fully saturated rings. The number of hydrogen-bond acceptors (Lipinski definition) is 3. The Morgan fingerprint density at radius 1 is 1.04 bits per heavy atom. The lowest BCUT2D eigenvalue weighted by Crippen LogP contribution is -2.13. The van der Waals surface area contributed by atoms with Crippen LogP contribution in [0.2, 0.25) is 5.02 Å². The average Bonchev–Trinajstić information content (AvgIpc) is 2.57. The van der Waals surface area contributed by atoms with Crippen molar-refractivity contribution >= 4 is 34.8 Å². The summed E-state index contributed by atoms with van der Waals surface area (Å²) in [5.74, 6) is 0.163. The van der Waals surface area contributed by atoms with Crippen molar-refractivity contribution in [3.05, 3.63) is 53.1 Å². The van der Waals surface area contributed by atoms with E-state index in [1.165, 1.54) is 0 Å². The first-order valence-corrected chi connectivity index (χ1v) is 8.05. The summed E-state index contributed by atoms with van der Waals surface area (Å²) in [7, 11) is 0. The largest absolute Gasteiger partial charge is 0.492 e. The summed E-state index contributed by atoms with van der Waals surface area (Å²) in [6.45, 7) is 4.14. The first-order valence-electron chi connectivity index (χ1n) is 7.67. The number of rotatable bonds is 6. The van der Waals surface area contributed by atoms with Crippen LogP contribution in [-0.4, -0.2) is 18.4 Å². The van der Waals surface area contributed by atoms with Gasteiger partial charge in [0, 0.05) is 23.4 Å². The average molecular weight is 347 g/mol. The van der Waals surface area contributed by atoms with Gasteiger partial charge in [0.05, 0.1) is 11.6 Å². The Morgan fingerprint density at radius 2 is 1.75 bits per heavy atom. The van der Waals surface area contributed by atoms with Crippen LogP contribution in [0.1, 0.15) is 30.6 Å². The molecule has 2 rings (SSSR count). The van der Waals surface area contributed by atoms with Crippen molar-refractivity contribution in [1.29, 1.82) is 0 Å². The van der Waals surface area contributed by atoms with Crippen molar-refractivity contribution in [2.45, 2.75) is 20.3 Å². The number of benzene rings is 2. The molecule has 0 aromatic heterocycles. The number of hydrogen-bond donors (Lipinski definition) is 2. The maximum Gasteiger partial charge on any atom is 0.255 e. The third kappa shape index (κ3) is 4.73. The van der Waals surface area contributed by atoms with Crippen molar-refractivity contribution < 1.29 is 14.3 Å². The number of carbonyl (C=O) groups is 2. The molecule has 0 aliphatic rings. The maximum absolute atomic E-state index is 12.3. The second kappa shape index (κ2) is 8.36. The normalized spacial score (nSPS) is 10.1. The van der Waals surface area contributed by atoms with Crippen LogP contribution in [-0.2, 0) is 4.79 Å². The van der Waals surface area contributed by atoms with E-state index in [-0.39, 0.29) is 11.8 Å². The summed E-state index contributed by atoms with van der Waals surface area (Å²) < 4.78 is 5.35. The van der Waals surface area contributed by atoms with Crippen molar-refractivity contribution in [2.24, 2.45) is 0 Å². The number of amides is 2. The molecular formula is C18H19ClN2O3. The van der Waals surface area contributed by atoms with Gasteiger partial charge in [0.2, 0.25) is 5.91 Å². The summed E-state index contributed by atoms with van der Waals surface area (Å²) in [4.78, 5) is 23.8. The number of nitrogens with one attached hydrogen (secondary N) is 2. The van der Waals surface area contributed by atoms with E-state index in [0.29, 0.717) is 40.7 Å². The summed E-state index contributed by atoms with van der Waals surface area (Å²) in [6, 6.07) is 11.8. The zero-order valence-electron chi connectivity index (χ0n) is 13.6. The minimum atomic E-state index is -0.293. The molecule has 2 aromatic rings. The van der Waals surface area contributed by atoms with Crippen molar-refractivity contribution in [2.75, 3.05) is 17.2 Å². The highest BCUT2D eigenvalue weighted by atomic mass is 35.5. The SMILES string of the molecule is CCOc1ccc(C(=O)Nc2cccc(NC(=O)CC)c2)cc1Cl. The number of anilines is 2. The second-order valence-electron chi connectivity index (χ2n) is 5.01. The quantitative estimate of drug-likeness (QED) is 0.817. The summed E-state index contributed by atoms with van der Waals surface area (Å²) in [5.41, 5.74) is 1.63. The Balaban J connectivity index is 2.10. The van der Waals surface area contributed by atoms with Gasteiger partial charge in [-0.2, -0.15) is 0 Å². The van der Waals surface area contributed by atoms with E-state index in [9.17, 15) is 9.59 Å². The first-order chi connectivity index (χ1) is 11.5. The minimum Gasteiger partial charge on any atom is -0.492 e. The fourth-order valence-corrected chi connectivity index (χ4v) is 2.28. The number of carbonyl (C=O) groups excluding carboxylic acids is 2. The fourth-order valence-electron chi connectivity index (χ4n) is 2.04. The van der Waals surface area contributed by atoms with Gasteiger partial charge >= 0.3 is 0 Å². The molecule has 0 spiro atoms. The van der Waals surface area contributed by atoms with Crippen LogP contribution in [0.3, 0.4) is 0 Å². The van der Waals surface area contributed by atoms with Gasteiger partial charge in [-0.1, -0.05) is 24.6 Å². The molecule has 2 aromatic carbocycles. The van der Waals surface area contributed by atoms with Gasteiger partial charge in [0.1, 0.15) is 5.75 Å². The Hall–Kier alpha value is -2.53. The summed E-state index contributed by atoms with van der Waals surface area (Å²) in [6.07, 6.45) is 0.390. The molecule has 0 saturated heterocycles. The second-order valence-corrected chi connectivity index (χ2v) is 5.42. The van der Waals surface area contributed by atoms with E-state index in [4.69, 9.17) is 16.3 Å². The Kier molecular flexibility index (Phi) is 6.21. The van der Waals surface area contributed by atoms with E-state index in [1.54, 1.807) is 49.4 Å². The highest BCUT2D eigenvalue weighted by molar-refractivity contribution is 6.32. The van der Waals surface area contributed by atoms with E-state index in [2.05, 4.69) is 10.6 Å². The molecule has 0 aliphatic heterocycles. The predicted octanol–water partition coefficient (Wildman–Crippen LogP) is 4.34. The molecule has 0 bridgehead atoms. The molecule has 2 N–H and O–H groups in total. The number of ether oxygens (including phenoxy) is 1. The van der Waals surface area contributed by atoms with Gasteiger partial charge in [0.15, 0.2) is 0 Å². The zero-order chi connectivity index (χ0) is 17.5.